The predicted molar refractivity (Wildman–Crippen MR) is 80.4 cm³/mol. The number of hydrogen-bond donors (Lipinski definition) is 2. The third-order valence-electron chi connectivity index (χ3n) is 3.62. The maximum absolute atomic E-state index is 5.81. The van der Waals surface area contributed by atoms with Crippen LogP contribution in [0.25, 0.3) is 0 Å². The number of benzene rings is 1. The summed E-state index contributed by atoms with van der Waals surface area (Å²) >= 11 is 3.54. The Bertz CT molecular complexity index is 528. The van der Waals surface area contributed by atoms with Crippen LogP contribution in [0.5, 0.6) is 0 Å². The molecule has 4 nitrogen and oxygen atoms in total. The molecule has 1 unspecified atom stereocenters. The molecule has 1 heterocycles. The lowest BCUT2D eigenvalue weighted by atomic mass is 9.76. The van der Waals surface area contributed by atoms with Gasteiger partial charge in [-0.25, -0.2) is 0 Å². The topological polar surface area (TPSA) is 55.9 Å². The SMILES string of the molecule is Cn1ncc(Br)c1C(NN)C(C)(C)c1ccccc1. The fraction of sp³-hybridized carbons (Fsp3) is 0.357. The second-order valence-electron chi connectivity index (χ2n) is 5.19. The van der Waals surface area contributed by atoms with E-state index in [0.29, 0.717) is 0 Å². The van der Waals surface area contributed by atoms with Crippen LogP contribution >= 0.6 is 15.9 Å². The van der Waals surface area contributed by atoms with Crippen LogP contribution in [0.2, 0.25) is 0 Å². The van der Waals surface area contributed by atoms with Crippen LogP contribution in [-0.2, 0) is 12.5 Å². The summed E-state index contributed by atoms with van der Waals surface area (Å²) in [6.07, 6.45) is 1.79. The van der Waals surface area contributed by atoms with E-state index in [2.05, 4.69) is 52.4 Å². The van der Waals surface area contributed by atoms with Crippen molar-refractivity contribution in [2.45, 2.75) is 25.3 Å². The van der Waals surface area contributed by atoms with Gasteiger partial charge in [0, 0.05) is 12.5 Å². The molecule has 102 valence electrons. The molecule has 2 rings (SSSR count). The largest absolute Gasteiger partial charge is 0.271 e. The third-order valence-corrected chi connectivity index (χ3v) is 4.23. The molecule has 0 radical (unpaired) electrons. The van der Waals surface area contributed by atoms with Gasteiger partial charge < -0.3 is 0 Å². The Balaban J connectivity index is 2.48. The molecule has 0 amide bonds. The average Bonchev–Trinajstić information content (AvgIpc) is 2.72. The van der Waals surface area contributed by atoms with Crippen molar-refractivity contribution in [2.75, 3.05) is 0 Å². The number of aryl methyl sites for hydroxylation is 1. The zero-order valence-corrected chi connectivity index (χ0v) is 13.0. The molecule has 1 atom stereocenters. The van der Waals surface area contributed by atoms with Crippen LogP contribution in [-0.4, -0.2) is 9.78 Å². The highest BCUT2D eigenvalue weighted by molar-refractivity contribution is 9.10. The van der Waals surface area contributed by atoms with E-state index in [1.165, 1.54) is 5.56 Å². The lowest BCUT2D eigenvalue weighted by molar-refractivity contribution is 0.335. The molecular formula is C14H19BrN4. The van der Waals surface area contributed by atoms with Crippen LogP contribution in [0.3, 0.4) is 0 Å². The van der Waals surface area contributed by atoms with Gasteiger partial charge in [0.15, 0.2) is 0 Å². The minimum absolute atomic E-state index is 0.0447. The van der Waals surface area contributed by atoms with Gasteiger partial charge in [-0.2, -0.15) is 5.10 Å². The minimum atomic E-state index is -0.160. The molecule has 0 aliphatic heterocycles. The molecule has 0 saturated heterocycles. The van der Waals surface area contributed by atoms with Crippen molar-refractivity contribution in [3.8, 4) is 0 Å². The molecule has 2 aromatic rings. The average molecular weight is 323 g/mol. The van der Waals surface area contributed by atoms with Gasteiger partial charge in [-0.15, -0.1) is 0 Å². The Kier molecular flexibility index (Phi) is 4.08. The highest BCUT2D eigenvalue weighted by atomic mass is 79.9. The van der Waals surface area contributed by atoms with Crippen molar-refractivity contribution in [2.24, 2.45) is 12.9 Å². The highest BCUT2D eigenvalue weighted by Gasteiger charge is 2.34. The van der Waals surface area contributed by atoms with Gasteiger partial charge in [-0.3, -0.25) is 16.0 Å². The first-order chi connectivity index (χ1) is 8.98. The van der Waals surface area contributed by atoms with E-state index >= 15 is 0 Å². The quantitative estimate of drug-likeness (QED) is 0.672. The van der Waals surface area contributed by atoms with Crippen molar-refractivity contribution in [1.29, 1.82) is 0 Å². The van der Waals surface area contributed by atoms with Crippen molar-refractivity contribution in [3.05, 3.63) is 52.3 Å². The molecule has 1 aromatic heterocycles. The molecule has 3 N–H and O–H groups in total. The summed E-state index contributed by atoms with van der Waals surface area (Å²) in [5.41, 5.74) is 5.04. The summed E-state index contributed by atoms with van der Waals surface area (Å²) in [6, 6.07) is 10.3. The first-order valence-corrected chi connectivity index (χ1v) is 6.97. The fourth-order valence-electron chi connectivity index (χ4n) is 2.41. The lowest BCUT2D eigenvalue weighted by Crippen LogP contribution is -2.42. The lowest BCUT2D eigenvalue weighted by Gasteiger charge is -2.34. The summed E-state index contributed by atoms with van der Waals surface area (Å²) in [4.78, 5) is 0. The molecule has 0 saturated carbocycles. The van der Waals surface area contributed by atoms with Gasteiger partial charge >= 0.3 is 0 Å². The van der Waals surface area contributed by atoms with Crippen LogP contribution < -0.4 is 11.3 Å². The van der Waals surface area contributed by atoms with Crippen molar-refractivity contribution < 1.29 is 0 Å². The monoisotopic (exact) mass is 322 g/mol. The first-order valence-electron chi connectivity index (χ1n) is 6.17. The van der Waals surface area contributed by atoms with Crippen LogP contribution in [0.15, 0.2) is 41.0 Å². The zero-order valence-electron chi connectivity index (χ0n) is 11.4. The number of hydrazine groups is 1. The van der Waals surface area contributed by atoms with Gasteiger partial charge in [0.1, 0.15) is 0 Å². The van der Waals surface area contributed by atoms with Gasteiger partial charge in [0.2, 0.25) is 0 Å². The van der Waals surface area contributed by atoms with Gasteiger partial charge in [0.25, 0.3) is 0 Å². The Labute approximate surface area is 122 Å². The molecule has 0 bridgehead atoms. The number of aromatic nitrogens is 2. The smallest absolute Gasteiger partial charge is 0.0731 e. The van der Waals surface area contributed by atoms with Crippen LogP contribution in [0, 0.1) is 0 Å². The maximum Gasteiger partial charge on any atom is 0.0731 e. The van der Waals surface area contributed by atoms with E-state index < -0.39 is 0 Å². The van der Waals surface area contributed by atoms with Gasteiger partial charge in [-0.1, -0.05) is 44.2 Å². The molecule has 0 fully saturated rings. The number of hydrogen-bond acceptors (Lipinski definition) is 3. The Morgan fingerprint density at radius 3 is 2.42 bits per heavy atom. The summed E-state index contributed by atoms with van der Waals surface area (Å²) in [7, 11) is 1.92. The number of nitrogens with two attached hydrogens (primary N) is 1. The normalized spacial score (nSPS) is 13.5. The predicted octanol–water partition coefficient (Wildman–Crippen LogP) is 2.66. The Morgan fingerprint density at radius 1 is 1.32 bits per heavy atom. The summed E-state index contributed by atoms with van der Waals surface area (Å²) in [6.45, 7) is 4.35. The van der Waals surface area contributed by atoms with Crippen molar-refractivity contribution in [3.63, 3.8) is 0 Å². The molecule has 0 aliphatic carbocycles. The van der Waals surface area contributed by atoms with E-state index in [4.69, 9.17) is 5.84 Å². The van der Waals surface area contributed by atoms with E-state index in [0.717, 1.165) is 10.2 Å². The van der Waals surface area contributed by atoms with E-state index in [1.54, 1.807) is 6.20 Å². The summed E-state index contributed by atoms with van der Waals surface area (Å²) in [5.74, 6) is 5.81. The zero-order chi connectivity index (χ0) is 14.0. The molecular weight excluding hydrogens is 304 g/mol. The van der Waals surface area contributed by atoms with Crippen LogP contribution in [0.1, 0.15) is 31.1 Å². The summed E-state index contributed by atoms with van der Waals surface area (Å²) < 4.78 is 2.81. The Hall–Kier alpha value is -1.17. The maximum atomic E-state index is 5.81. The summed E-state index contributed by atoms with van der Waals surface area (Å²) in [5, 5.41) is 4.27. The fourth-order valence-corrected chi connectivity index (χ4v) is 2.99. The minimum Gasteiger partial charge on any atom is -0.271 e. The van der Waals surface area contributed by atoms with Crippen molar-refractivity contribution in [1.82, 2.24) is 15.2 Å². The number of halogens is 1. The second-order valence-corrected chi connectivity index (χ2v) is 6.04. The van der Waals surface area contributed by atoms with E-state index in [1.807, 2.05) is 29.9 Å². The van der Waals surface area contributed by atoms with Gasteiger partial charge in [0.05, 0.1) is 22.4 Å². The van der Waals surface area contributed by atoms with Crippen molar-refractivity contribution >= 4 is 15.9 Å². The number of rotatable bonds is 4. The molecule has 1 aromatic carbocycles. The first kappa shape index (κ1) is 14.2. The third kappa shape index (κ3) is 2.59. The van der Waals surface area contributed by atoms with Gasteiger partial charge in [-0.05, 0) is 21.5 Å². The number of nitrogens with one attached hydrogen (secondary N) is 1. The molecule has 19 heavy (non-hydrogen) atoms. The second kappa shape index (κ2) is 5.45. The standard InChI is InChI=1S/C14H19BrN4/c1-14(2,10-7-5-4-6-8-10)13(18-16)12-11(15)9-17-19(12)3/h4-9,13,18H,16H2,1-3H3. The Morgan fingerprint density at radius 2 is 1.95 bits per heavy atom. The molecule has 0 aliphatic rings. The molecule has 0 spiro atoms. The van der Waals surface area contributed by atoms with E-state index in [9.17, 15) is 0 Å². The highest BCUT2D eigenvalue weighted by Crippen LogP contribution is 2.38. The molecule has 5 heteroatoms. The van der Waals surface area contributed by atoms with E-state index in [-0.39, 0.29) is 11.5 Å². The van der Waals surface area contributed by atoms with Crippen LogP contribution in [0.4, 0.5) is 0 Å². The number of nitrogens with zero attached hydrogens (tertiary/aromatic N) is 2.